The van der Waals surface area contributed by atoms with E-state index in [1.807, 2.05) is 0 Å². The summed E-state index contributed by atoms with van der Waals surface area (Å²) in [6.07, 6.45) is 0. The van der Waals surface area contributed by atoms with Gasteiger partial charge in [0.05, 0.1) is 5.56 Å². The molecule has 0 saturated carbocycles. The summed E-state index contributed by atoms with van der Waals surface area (Å²) in [6, 6.07) is 8.71. The Hall–Kier alpha value is -1.78. The summed E-state index contributed by atoms with van der Waals surface area (Å²) in [4.78, 5) is 10.8. The van der Waals surface area contributed by atoms with Gasteiger partial charge in [-0.25, -0.2) is 9.18 Å². The van der Waals surface area contributed by atoms with Gasteiger partial charge in [0.15, 0.2) is 0 Å². The predicted octanol–water partition coefficient (Wildman–Crippen LogP) is 4.41. The summed E-state index contributed by atoms with van der Waals surface area (Å²) >= 11 is 11.6. The number of carbonyl (C=O) groups is 1. The molecule has 0 aliphatic rings. The molecule has 0 fully saturated rings. The minimum Gasteiger partial charge on any atom is -0.489 e. The number of benzene rings is 2. The van der Waals surface area contributed by atoms with Gasteiger partial charge in [-0.3, -0.25) is 0 Å². The molecule has 0 heterocycles. The van der Waals surface area contributed by atoms with Gasteiger partial charge in [0.1, 0.15) is 18.2 Å². The van der Waals surface area contributed by atoms with Crippen molar-refractivity contribution in [3.63, 3.8) is 0 Å². The highest BCUT2D eigenvalue weighted by Gasteiger charge is 2.14. The lowest BCUT2D eigenvalue weighted by Crippen LogP contribution is -2.06. The molecule has 20 heavy (non-hydrogen) atoms. The molecular formula is C14H9Cl2FO3. The summed E-state index contributed by atoms with van der Waals surface area (Å²) in [7, 11) is 0. The van der Waals surface area contributed by atoms with Crippen LogP contribution < -0.4 is 4.74 Å². The Labute approximate surface area is 124 Å². The van der Waals surface area contributed by atoms with Crippen molar-refractivity contribution in [3.8, 4) is 5.75 Å². The largest absolute Gasteiger partial charge is 0.489 e. The first-order valence-corrected chi connectivity index (χ1v) is 6.32. The zero-order chi connectivity index (χ0) is 14.7. The molecule has 0 saturated heterocycles. The van der Waals surface area contributed by atoms with Gasteiger partial charge in [-0.2, -0.15) is 0 Å². The van der Waals surface area contributed by atoms with Crippen molar-refractivity contribution in [1.82, 2.24) is 0 Å². The van der Waals surface area contributed by atoms with Crippen LogP contribution in [0.2, 0.25) is 10.0 Å². The molecule has 0 spiro atoms. The van der Waals surface area contributed by atoms with Gasteiger partial charge in [0.2, 0.25) is 0 Å². The highest BCUT2D eigenvalue weighted by Crippen LogP contribution is 2.25. The summed E-state index contributed by atoms with van der Waals surface area (Å²) in [5.41, 5.74) is -0.253. The monoisotopic (exact) mass is 314 g/mol. The molecule has 104 valence electrons. The Morgan fingerprint density at radius 2 is 1.85 bits per heavy atom. The molecule has 0 atom stereocenters. The molecule has 0 radical (unpaired) electrons. The first-order chi connectivity index (χ1) is 9.47. The molecule has 0 amide bonds. The molecule has 0 bridgehead atoms. The van der Waals surface area contributed by atoms with E-state index in [0.29, 0.717) is 15.8 Å². The summed E-state index contributed by atoms with van der Waals surface area (Å²) in [5, 5.41) is 9.62. The molecule has 0 aliphatic heterocycles. The molecule has 2 aromatic rings. The lowest BCUT2D eigenvalue weighted by atomic mass is 10.1. The van der Waals surface area contributed by atoms with Gasteiger partial charge in [0.25, 0.3) is 0 Å². The van der Waals surface area contributed by atoms with Crippen molar-refractivity contribution in [1.29, 1.82) is 0 Å². The van der Waals surface area contributed by atoms with Crippen molar-refractivity contribution in [2.75, 3.05) is 0 Å². The quantitative estimate of drug-likeness (QED) is 0.909. The van der Waals surface area contributed by atoms with Gasteiger partial charge < -0.3 is 9.84 Å². The smallest absolute Gasteiger partial charge is 0.338 e. The number of hydrogen-bond acceptors (Lipinski definition) is 2. The van der Waals surface area contributed by atoms with Crippen LogP contribution >= 0.6 is 23.2 Å². The molecule has 0 unspecified atom stereocenters. The maximum absolute atomic E-state index is 13.9. The SMILES string of the molecule is O=C(O)c1cccc(COc2cc(Cl)cc(Cl)c2)c1F. The van der Waals surface area contributed by atoms with E-state index >= 15 is 0 Å². The topological polar surface area (TPSA) is 46.5 Å². The van der Waals surface area contributed by atoms with E-state index in [1.54, 1.807) is 6.07 Å². The van der Waals surface area contributed by atoms with Gasteiger partial charge >= 0.3 is 5.97 Å². The molecule has 0 aliphatic carbocycles. The summed E-state index contributed by atoms with van der Waals surface area (Å²) < 4.78 is 19.2. The number of rotatable bonds is 4. The predicted molar refractivity (Wildman–Crippen MR) is 74.2 cm³/mol. The van der Waals surface area contributed by atoms with E-state index in [0.717, 1.165) is 0 Å². The number of ether oxygens (including phenoxy) is 1. The Morgan fingerprint density at radius 1 is 1.20 bits per heavy atom. The highest BCUT2D eigenvalue weighted by atomic mass is 35.5. The third kappa shape index (κ3) is 3.40. The van der Waals surface area contributed by atoms with Crippen LogP contribution in [0.3, 0.4) is 0 Å². The average Bonchev–Trinajstić information content (AvgIpc) is 2.36. The number of halogens is 3. The van der Waals surface area contributed by atoms with Gasteiger partial charge in [-0.1, -0.05) is 35.3 Å². The molecule has 0 aromatic heterocycles. The van der Waals surface area contributed by atoms with Crippen LogP contribution in [-0.4, -0.2) is 11.1 Å². The second-order valence-electron chi connectivity index (χ2n) is 3.98. The third-order valence-corrected chi connectivity index (χ3v) is 2.98. The number of hydrogen-bond donors (Lipinski definition) is 1. The average molecular weight is 315 g/mol. The van der Waals surface area contributed by atoms with Crippen molar-refractivity contribution in [3.05, 3.63) is 63.4 Å². The van der Waals surface area contributed by atoms with Crippen molar-refractivity contribution in [2.45, 2.75) is 6.61 Å². The first-order valence-electron chi connectivity index (χ1n) is 5.57. The van der Waals surface area contributed by atoms with E-state index in [2.05, 4.69) is 0 Å². The van der Waals surface area contributed by atoms with Gasteiger partial charge in [-0.05, 0) is 24.3 Å². The molecule has 2 rings (SSSR count). The van der Waals surface area contributed by atoms with Gasteiger partial charge in [-0.15, -0.1) is 0 Å². The van der Waals surface area contributed by atoms with Crippen LogP contribution in [0.4, 0.5) is 4.39 Å². The van der Waals surface area contributed by atoms with Crippen LogP contribution in [0, 0.1) is 5.82 Å². The van der Waals surface area contributed by atoms with E-state index in [-0.39, 0.29) is 12.2 Å². The summed E-state index contributed by atoms with van der Waals surface area (Å²) in [5.74, 6) is -1.76. The molecular weight excluding hydrogens is 306 g/mol. The van der Waals surface area contributed by atoms with Crippen LogP contribution in [0.25, 0.3) is 0 Å². The lowest BCUT2D eigenvalue weighted by molar-refractivity contribution is 0.0691. The summed E-state index contributed by atoms with van der Waals surface area (Å²) in [6.45, 7) is -0.121. The maximum atomic E-state index is 13.9. The normalized spacial score (nSPS) is 10.3. The first kappa shape index (κ1) is 14.6. The van der Waals surface area contributed by atoms with Gasteiger partial charge in [0, 0.05) is 15.6 Å². The van der Waals surface area contributed by atoms with Crippen molar-refractivity contribution < 1.29 is 19.0 Å². The molecule has 3 nitrogen and oxygen atoms in total. The fourth-order valence-corrected chi connectivity index (χ4v) is 2.14. The van der Waals surface area contributed by atoms with E-state index < -0.39 is 17.3 Å². The second kappa shape index (κ2) is 6.11. The molecule has 2 aromatic carbocycles. The van der Waals surface area contributed by atoms with E-state index in [4.69, 9.17) is 33.0 Å². The second-order valence-corrected chi connectivity index (χ2v) is 4.85. The molecule has 6 heteroatoms. The maximum Gasteiger partial charge on any atom is 0.338 e. The van der Waals surface area contributed by atoms with Crippen molar-refractivity contribution in [2.24, 2.45) is 0 Å². The van der Waals surface area contributed by atoms with Crippen LogP contribution in [-0.2, 0) is 6.61 Å². The fraction of sp³-hybridized carbons (Fsp3) is 0.0714. The Kier molecular flexibility index (Phi) is 4.47. The van der Waals surface area contributed by atoms with Crippen LogP contribution in [0.1, 0.15) is 15.9 Å². The zero-order valence-corrected chi connectivity index (χ0v) is 11.6. The Morgan fingerprint density at radius 3 is 2.45 bits per heavy atom. The zero-order valence-electron chi connectivity index (χ0n) is 10.1. The Bertz CT molecular complexity index is 639. The highest BCUT2D eigenvalue weighted by molar-refractivity contribution is 6.34. The lowest BCUT2D eigenvalue weighted by Gasteiger charge is -2.09. The number of aromatic carboxylic acids is 1. The van der Waals surface area contributed by atoms with Crippen LogP contribution in [0.5, 0.6) is 5.75 Å². The minimum absolute atomic E-state index is 0.121. The third-order valence-electron chi connectivity index (χ3n) is 2.54. The van der Waals surface area contributed by atoms with E-state index in [1.165, 1.54) is 30.3 Å². The van der Waals surface area contributed by atoms with Crippen molar-refractivity contribution >= 4 is 29.2 Å². The number of carboxylic acids is 1. The molecule has 1 N–H and O–H groups in total. The minimum atomic E-state index is -1.32. The fourth-order valence-electron chi connectivity index (χ4n) is 1.63. The Balaban J connectivity index is 2.19. The standard InChI is InChI=1S/C14H9Cl2FO3/c15-9-4-10(16)6-11(5-9)20-7-8-2-1-3-12(13(8)17)14(18)19/h1-6H,7H2,(H,18,19). The van der Waals surface area contributed by atoms with E-state index in [9.17, 15) is 9.18 Å². The number of carboxylic acid groups (broad SMARTS) is 1. The van der Waals surface area contributed by atoms with Crippen LogP contribution in [0.15, 0.2) is 36.4 Å².